The summed E-state index contributed by atoms with van der Waals surface area (Å²) in [6.45, 7) is 6.51. The number of carbonyl (C=O) groups excluding carboxylic acids is 2. The van der Waals surface area contributed by atoms with E-state index in [-0.39, 0.29) is 72.3 Å². The number of fused-ring (bicyclic) bond motifs is 8. The van der Waals surface area contributed by atoms with Crippen molar-refractivity contribution in [2.45, 2.75) is 102 Å². The molecule has 2 saturated carbocycles. The monoisotopic (exact) mass is 772 g/mol. The first-order chi connectivity index (χ1) is 27.2. The molecule has 0 radical (unpaired) electrons. The number of hydrogen-bond donors (Lipinski definition) is 2. The van der Waals surface area contributed by atoms with Gasteiger partial charge in [-0.15, -0.1) is 0 Å². The topological polar surface area (TPSA) is 144 Å². The Bertz CT molecular complexity index is 1790. The number of methoxy groups -OCH3 is 2. The largest absolute Gasteiger partial charge is 0.469 e. The zero-order valence-corrected chi connectivity index (χ0v) is 33.4. The molecule has 2 aromatic rings. The maximum Gasteiger partial charge on any atom is 0.311 e. The van der Waals surface area contributed by atoms with E-state index in [1.165, 1.54) is 65.6 Å². The second-order valence-electron chi connectivity index (χ2n) is 16.8. The Morgan fingerprint density at radius 3 is 1.36 bits per heavy atom. The van der Waals surface area contributed by atoms with E-state index in [1.54, 1.807) is 0 Å². The predicted octanol–water partition coefficient (Wildman–Crippen LogP) is 4.42. The third-order valence-electron chi connectivity index (χ3n) is 13.9. The van der Waals surface area contributed by atoms with Gasteiger partial charge in [-0.1, -0.05) is 50.0 Å². The minimum absolute atomic E-state index is 0.0201. The average Bonchev–Trinajstić information content (AvgIpc) is 4.00. The van der Waals surface area contributed by atoms with Crippen molar-refractivity contribution >= 4 is 24.1 Å². The van der Waals surface area contributed by atoms with Crippen molar-refractivity contribution in [2.75, 3.05) is 40.5 Å². The van der Waals surface area contributed by atoms with Crippen LogP contribution >= 0.6 is 0 Å². The molecule has 304 valence electrons. The molecule has 0 aromatic carbocycles. The molecule has 2 saturated heterocycles. The molecule has 0 unspecified atom stereocenters. The minimum atomic E-state index is -0.442. The number of pyridine rings is 2. The van der Waals surface area contributed by atoms with Crippen LogP contribution in [0.4, 0.5) is 0 Å². The van der Waals surface area contributed by atoms with Crippen molar-refractivity contribution < 1.29 is 29.3 Å². The first-order valence-corrected chi connectivity index (χ1v) is 20.8. The smallest absolute Gasteiger partial charge is 0.311 e. The van der Waals surface area contributed by atoms with Gasteiger partial charge in [-0.25, -0.2) is 0 Å². The lowest BCUT2D eigenvalue weighted by atomic mass is 9.87. The fraction of sp³-hybridized carbons (Fsp3) is 0.636. The molecule has 56 heavy (non-hydrogen) atoms. The number of hydrogen-bond acceptors (Lipinski definition) is 10. The Balaban J connectivity index is 0.000000172. The molecule has 4 bridgehead atoms. The summed E-state index contributed by atoms with van der Waals surface area (Å²) in [5, 5.41) is 20.3. The Labute approximate surface area is 329 Å². The lowest BCUT2D eigenvalue weighted by Gasteiger charge is -2.39. The van der Waals surface area contributed by atoms with Gasteiger partial charge in [0.05, 0.1) is 38.1 Å². The Hall–Kier alpha value is -3.84. The molecule has 4 fully saturated rings. The van der Waals surface area contributed by atoms with Gasteiger partial charge in [0.15, 0.2) is 0 Å². The van der Waals surface area contributed by atoms with Crippen LogP contribution < -0.4 is 11.1 Å². The zero-order chi connectivity index (χ0) is 39.7. The van der Waals surface area contributed by atoms with Gasteiger partial charge in [0, 0.05) is 85.8 Å². The molecular weight excluding hydrogens is 713 g/mol. The maximum atomic E-state index is 13.0. The Morgan fingerprint density at radius 2 is 1.04 bits per heavy atom. The number of aliphatic hydroxyl groups excluding tert-OH is 2. The quantitative estimate of drug-likeness (QED) is 0.334. The Kier molecular flexibility index (Phi) is 12.5. The van der Waals surface area contributed by atoms with Gasteiger partial charge in [0.1, 0.15) is 0 Å². The average molecular weight is 773 g/mol. The standard InChI is InChI=1S/2C22H30N2O4/c2*1-3-6-15-9-10-17-20-19(22(27)28-2)16(13-25)18(12-24(17)21(15)26)23(20)11-14-7-4-5-8-14/h2*3,6,9-10,14,16,18-20,25H,4-5,7-8,11-13H2,1-2H3/b6-3+;6-3-/t2*16-,18-,19+,20+/m00/s1. The number of aromatic nitrogens is 2. The molecular formula is C44H60N4O8. The van der Waals surface area contributed by atoms with Crippen LogP contribution in [0.3, 0.4) is 0 Å². The molecule has 12 heteroatoms. The summed E-state index contributed by atoms with van der Waals surface area (Å²) >= 11 is 0. The number of nitrogens with zero attached hydrogens (tertiary/aromatic N) is 4. The predicted molar refractivity (Wildman–Crippen MR) is 213 cm³/mol. The van der Waals surface area contributed by atoms with Crippen molar-refractivity contribution in [1.29, 1.82) is 0 Å². The fourth-order valence-electron chi connectivity index (χ4n) is 11.4. The van der Waals surface area contributed by atoms with Crippen LogP contribution in [0.25, 0.3) is 12.2 Å². The molecule has 8 rings (SSSR count). The van der Waals surface area contributed by atoms with Crippen molar-refractivity contribution in [3.8, 4) is 0 Å². The van der Waals surface area contributed by atoms with Gasteiger partial charge in [0.2, 0.25) is 0 Å². The Morgan fingerprint density at radius 1 is 0.661 bits per heavy atom. The van der Waals surface area contributed by atoms with Crippen LogP contribution in [0.1, 0.15) is 99.8 Å². The van der Waals surface area contributed by atoms with E-state index in [0.29, 0.717) is 36.1 Å². The van der Waals surface area contributed by atoms with Gasteiger partial charge in [-0.05, 0) is 75.6 Å². The molecule has 0 amide bonds. The van der Waals surface area contributed by atoms with Crippen LogP contribution in [-0.4, -0.2) is 93.7 Å². The van der Waals surface area contributed by atoms with Gasteiger partial charge in [-0.3, -0.25) is 29.0 Å². The van der Waals surface area contributed by atoms with Crippen molar-refractivity contribution in [2.24, 2.45) is 35.5 Å². The summed E-state index contributed by atoms with van der Waals surface area (Å²) < 4.78 is 13.9. The number of esters is 2. The zero-order valence-electron chi connectivity index (χ0n) is 33.4. The van der Waals surface area contributed by atoms with Crippen LogP contribution in [0, 0.1) is 35.5 Å². The lowest BCUT2D eigenvalue weighted by Crippen LogP contribution is -2.48. The van der Waals surface area contributed by atoms with Crippen LogP contribution in [0.2, 0.25) is 0 Å². The minimum Gasteiger partial charge on any atom is -0.469 e. The molecule has 0 spiro atoms. The molecule has 2 aliphatic carbocycles. The van der Waals surface area contributed by atoms with Crippen LogP contribution in [0.15, 0.2) is 46.0 Å². The van der Waals surface area contributed by atoms with Crippen LogP contribution in [-0.2, 0) is 32.2 Å². The molecule has 12 nitrogen and oxygen atoms in total. The third kappa shape index (κ3) is 7.16. The van der Waals surface area contributed by atoms with E-state index in [1.807, 2.05) is 71.6 Å². The van der Waals surface area contributed by atoms with Gasteiger partial charge >= 0.3 is 11.9 Å². The fourth-order valence-corrected chi connectivity index (χ4v) is 11.4. The highest BCUT2D eigenvalue weighted by Gasteiger charge is 2.58. The summed E-state index contributed by atoms with van der Waals surface area (Å²) in [5.74, 6) is -0.652. The molecule has 2 aromatic heterocycles. The van der Waals surface area contributed by atoms with E-state index < -0.39 is 11.8 Å². The van der Waals surface area contributed by atoms with Gasteiger partial charge in [-0.2, -0.15) is 0 Å². The van der Waals surface area contributed by atoms with Crippen molar-refractivity contribution in [1.82, 2.24) is 18.9 Å². The third-order valence-corrected chi connectivity index (χ3v) is 13.9. The first kappa shape index (κ1) is 40.4. The highest BCUT2D eigenvalue weighted by molar-refractivity contribution is 5.75. The molecule has 8 atom stereocenters. The van der Waals surface area contributed by atoms with E-state index in [0.717, 1.165) is 24.5 Å². The highest BCUT2D eigenvalue weighted by Crippen LogP contribution is 2.51. The van der Waals surface area contributed by atoms with Crippen molar-refractivity contribution in [3.05, 3.63) is 79.6 Å². The van der Waals surface area contributed by atoms with E-state index >= 15 is 0 Å². The first-order valence-electron chi connectivity index (χ1n) is 20.8. The highest BCUT2D eigenvalue weighted by atomic mass is 16.5. The summed E-state index contributed by atoms with van der Waals surface area (Å²) in [6, 6.07) is 7.19. The molecule has 6 aliphatic rings. The number of rotatable bonds is 10. The maximum absolute atomic E-state index is 13.0. The lowest BCUT2D eigenvalue weighted by molar-refractivity contribution is -0.149. The number of allylic oxidation sites excluding steroid dienone is 2. The number of ether oxygens (including phenoxy) is 2. The van der Waals surface area contributed by atoms with E-state index in [4.69, 9.17) is 9.47 Å². The SMILES string of the molecule is C/C=C/c1ccc2n(c1=O)C[C@H]1[C@H](CO)[C@@H](C(=O)OC)[C@@H]2N1CC1CCCC1.C/C=C\c1ccc2n(c1=O)C[C@H]1[C@H](CO)[C@@H](C(=O)OC)[C@@H]2N1CC1CCCC1. The summed E-state index contributed by atoms with van der Waals surface area (Å²) in [4.78, 5) is 56.3. The molecule has 6 heterocycles. The van der Waals surface area contributed by atoms with Gasteiger partial charge in [0.25, 0.3) is 11.1 Å². The van der Waals surface area contributed by atoms with Crippen molar-refractivity contribution in [3.63, 3.8) is 0 Å². The second kappa shape index (κ2) is 17.3. The van der Waals surface area contributed by atoms with Gasteiger partial charge < -0.3 is 28.8 Å². The summed E-state index contributed by atoms with van der Waals surface area (Å²) in [7, 11) is 2.81. The van der Waals surface area contributed by atoms with E-state index in [9.17, 15) is 29.4 Å². The van der Waals surface area contributed by atoms with E-state index in [2.05, 4.69) is 9.80 Å². The normalized spacial score (nSPS) is 30.1. The summed E-state index contributed by atoms with van der Waals surface area (Å²) in [6.07, 6.45) is 17.3. The number of aliphatic hydroxyl groups is 2. The summed E-state index contributed by atoms with van der Waals surface area (Å²) in [5.41, 5.74) is 3.02. The van der Waals surface area contributed by atoms with Crippen LogP contribution in [0.5, 0.6) is 0 Å². The number of carbonyl (C=O) groups is 2. The molecule has 4 aliphatic heterocycles. The second-order valence-corrected chi connectivity index (χ2v) is 16.8. The molecule has 2 N–H and O–H groups in total.